The van der Waals surface area contributed by atoms with Crippen molar-refractivity contribution >= 4 is 23.0 Å². The van der Waals surface area contributed by atoms with Gasteiger partial charge in [0.05, 0.1) is 27.0 Å². The number of carbonyl (C=O) groups is 1. The number of nitrogens with one attached hydrogen (secondary N) is 2. The van der Waals surface area contributed by atoms with Crippen molar-refractivity contribution in [2.75, 3.05) is 20.8 Å². The first-order valence-electron chi connectivity index (χ1n) is 11.5. The smallest absolute Gasteiger partial charge is 0.287 e. The van der Waals surface area contributed by atoms with Crippen LogP contribution in [0.2, 0.25) is 0 Å². The van der Waals surface area contributed by atoms with E-state index < -0.39 is 0 Å². The number of unbranched alkanes of at least 4 members (excludes halogenated alkanes) is 5. The predicted octanol–water partition coefficient (Wildman–Crippen LogP) is 5.69. The molecule has 0 atom stereocenters. The van der Waals surface area contributed by atoms with Crippen molar-refractivity contribution in [3.63, 3.8) is 0 Å². The zero-order chi connectivity index (χ0) is 23.5. The fourth-order valence-electron chi connectivity index (χ4n) is 3.53. The Morgan fingerprint density at radius 2 is 1.67 bits per heavy atom. The van der Waals surface area contributed by atoms with Crippen molar-refractivity contribution in [2.24, 2.45) is 5.10 Å². The number of amides is 1. The minimum absolute atomic E-state index is 0.334. The topological polar surface area (TPSA) is 84.9 Å². The third-order valence-electron chi connectivity index (χ3n) is 5.40. The summed E-state index contributed by atoms with van der Waals surface area (Å²) >= 11 is 0. The van der Waals surface area contributed by atoms with Crippen LogP contribution >= 0.6 is 0 Å². The summed E-state index contributed by atoms with van der Waals surface area (Å²) in [7, 11) is 3.15. The number of fused-ring (bicyclic) bond motifs is 1. The van der Waals surface area contributed by atoms with E-state index in [1.54, 1.807) is 32.6 Å². The summed E-state index contributed by atoms with van der Waals surface area (Å²) in [6.07, 6.45) is 9.06. The molecule has 3 aromatic rings. The van der Waals surface area contributed by atoms with Crippen LogP contribution in [0.4, 0.5) is 0 Å². The van der Waals surface area contributed by atoms with Gasteiger partial charge in [-0.05, 0) is 48.4 Å². The van der Waals surface area contributed by atoms with Gasteiger partial charge in [-0.25, -0.2) is 5.43 Å². The Labute approximate surface area is 195 Å². The normalized spacial score (nSPS) is 11.1. The molecule has 0 saturated heterocycles. The van der Waals surface area contributed by atoms with E-state index in [1.165, 1.54) is 32.1 Å². The largest absolute Gasteiger partial charge is 0.494 e. The molecular weight excluding hydrogens is 418 g/mol. The number of hydrazone groups is 1. The van der Waals surface area contributed by atoms with Crippen molar-refractivity contribution in [3.05, 3.63) is 53.7 Å². The Balaban J connectivity index is 1.48. The maximum absolute atomic E-state index is 12.5. The van der Waals surface area contributed by atoms with E-state index in [1.807, 2.05) is 30.3 Å². The number of rotatable bonds is 13. The van der Waals surface area contributed by atoms with Crippen LogP contribution in [0.25, 0.3) is 10.9 Å². The average Bonchev–Trinajstić information content (AvgIpc) is 3.26. The van der Waals surface area contributed by atoms with Crippen LogP contribution in [0, 0.1) is 0 Å². The molecule has 0 bridgehead atoms. The second-order valence-corrected chi connectivity index (χ2v) is 7.86. The van der Waals surface area contributed by atoms with Crippen molar-refractivity contribution < 1.29 is 19.0 Å². The van der Waals surface area contributed by atoms with Crippen molar-refractivity contribution in [2.45, 2.75) is 45.4 Å². The minimum Gasteiger partial charge on any atom is -0.494 e. The molecule has 2 N–H and O–H groups in total. The lowest BCUT2D eigenvalue weighted by molar-refractivity contribution is 0.0951. The van der Waals surface area contributed by atoms with Crippen LogP contribution in [0.1, 0.15) is 61.5 Å². The molecule has 0 aliphatic carbocycles. The van der Waals surface area contributed by atoms with Gasteiger partial charge in [0.15, 0.2) is 11.5 Å². The summed E-state index contributed by atoms with van der Waals surface area (Å²) < 4.78 is 16.4. The lowest BCUT2D eigenvalue weighted by atomic mass is 10.1. The van der Waals surface area contributed by atoms with Gasteiger partial charge in [0.1, 0.15) is 11.4 Å². The number of H-pyrrole nitrogens is 1. The van der Waals surface area contributed by atoms with Crippen LogP contribution in [-0.4, -0.2) is 37.9 Å². The fourth-order valence-corrected chi connectivity index (χ4v) is 3.53. The van der Waals surface area contributed by atoms with Gasteiger partial charge < -0.3 is 19.2 Å². The third kappa shape index (κ3) is 7.00. The molecule has 3 rings (SSSR count). The predicted molar refractivity (Wildman–Crippen MR) is 132 cm³/mol. The highest BCUT2D eigenvalue weighted by Crippen LogP contribution is 2.32. The second kappa shape index (κ2) is 12.5. The quantitative estimate of drug-likeness (QED) is 0.199. The molecule has 1 amide bonds. The second-order valence-electron chi connectivity index (χ2n) is 7.86. The first-order chi connectivity index (χ1) is 16.1. The molecule has 0 saturated carbocycles. The van der Waals surface area contributed by atoms with Crippen LogP contribution in [0.3, 0.4) is 0 Å². The Kier molecular flexibility index (Phi) is 9.18. The van der Waals surface area contributed by atoms with E-state index >= 15 is 0 Å². The number of methoxy groups -OCH3 is 2. The summed E-state index contributed by atoms with van der Waals surface area (Å²) in [6.45, 7) is 2.96. The first-order valence-corrected chi connectivity index (χ1v) is 11.5. The van der Waals surface area contributed by atoms with Crippen LogP contribution in [-0.2, 0) is 0 Å². The molecule has 1 heterocycles. The summed E-state index contributed by atoms with van der Waals surface area (Å²) in [5, 5.41) is 4.91. The Morgan fingerprint density at radius 3 is 2.39 bits per heavy atom. The number of hydrogen-bond donors (Lipinski definition) is 2. The van der Waals surface area contributed by atoms with Gasteiger partial charge in [-0.2, -0.15) is 5.10 Å². The van der Waals surface area contributed by atoms with E-state index in [-0.39, 0.29) is 5.91 Å². The Bertz CT molecular complexity index is 1020. The molecule has 7 nitrogen and oxygen atoms in total. The van der Waals surface area contributed by atoms with Gasteiger partial charge in [0.25, 0.3) is 5.91 Å². The maximum atomic E-state index is 12.5. The Morgan fingerprint density at radius 1 is 0.970 bits per heavy atom. The summed E-state index contributed by atoms with van der Waals surface area (Å²) in [5.41, 5.74) is 4.59. The SMILES string of the molecule is CCCCCCCCOc1ccc(/C=N/NC(=O)c2cc3cc(OC)c(OC)cc3[nH]2)cc1. The number of carbonyl (C=O) groups excluding carboxylic acids is 1. The van der Waals surface area contributed by atoms with Crippen LogP contribution in [0.5, 0.6) is 17.2 Å². The standard InChI is InChI=1S/C26H33N3O4/c1-4-5-6-7-8-9-14-33-21-12-10-19(11-13-21)18-27-29-26(30)23-15-20-16-24(31-2)25(32-3)17-22(20)28-23/h10-13,15-18,28H,4-9,14H2,1-3H3,(H,29,30)/b27-18+. The molecule has 0 aliphatic heterocycles. The number of nitrogens with zero attached hydrogens (tertiary/aromatic N) is 1. The lowest BCUT2D eigenvalue weighted by Gasteiger charge is -2.06. The zero-order valence-corrected chi connectivity index (χ0v) is 19.6. The molecule has 176 valence electrons. The van der Waals surface area contributed by atoms with Crippen molar-refractivity contribution in [1.82, 2.24) is 10.4 Å². The van der Waals surface area contributed by atoms with Crippen LogP contribution < -0.4 is 19.6 Å². The van der Waals surface area contributed by atoms with E-state index in [9.17, 15) is 4.79 Å². The molecular formula is C26H33N3O4. The molecule has 33 heavy (non-hydrogen) atoms. The number of benzene rings is 2. The number of aromatic amines is 1. The summed E-state index contributed by atoms with van der Waals surface area (Å²) in [6, 6.07) is 13.0. The number of hydrogen-bond acceptors (Lipinski definition) is 5. The van der Waals surface area contributed by atoms with Crippen LogP contribution in [0.15, 0.2) is 47.6 Å². The first kappa shape index (κ1) is 24.2. The molecule has 2 aromatic carbocycles. The van der Waals surface area contributed by atoms with E-state index in [4.69, 9.17) is 14.2 Å². The number of aromatic nitrogens is 1. The molecule has 7 heteroatoms. The van der Waals surface area contributed by atoms with Crippen molar-refractivity contribution in [1.29, 1.82) is 0 Å². The van der Waals surface area contributed by atoms with Crippen molar-refractivity contribution in [3.8, 4) is 17.2 Å². The summed E-state index contributed by atoms with van der Waals surface area (Å²) in [5.74, 6) is 1.71. The van der Waals surface area contributed by atoms with E-state index in [0.29, 0.717) is 17.2 Å². The van der Waals surface area contributed by atoms with Gasteiger partial charge in [-0.3, -0.25) is 4.79 Å². The van der Waals surface area contributed by atoms with Gasteiger partial charge in [0.2, 0.25) is 0 Å². The third-order valence-corrected chi connectivity index (χ3v) is 5.40. The average molecular weight is 452 g/mol. The highest BCUT2D eigenvalue weighted by Gasteiger charge is 2.12. The number of ether oxygens (including phenoxy) is 3. The molecule has 1 aromatic heterocycles. The minimum atomic E-state index is -0.334. The highest BCUT2D eigenvalue weighted by molar-refractivity contribution is 5.99. The van der Waals surface area contributed by atoms with E-state index in [2.05, 4.69) is 22.4 Å². The Hall–Kier alpha value is -3.48. The monoisotopic (exact) mass is 451 g/mol. The summed E-state index contributed by atoms with van der Waals surface area (Å²) in [4.78, 5) is 15.5. The van der Waals surface area contributed by atoms with E-state index in [0.717, 1.165) is 35.2 Å². The zero-order valence-electron chi connectivity index (χ0n) is 19.6. The molecule has 0 radical (unpaired) electrons. The highest BCUT2D eigenvalue weighted by atomic mass is 16.5. The lowest BCUT2D eigenvalue weighted by Crippen LogP contribution is -2.17. The molecule has 0 unspecified atom stereocenters. The molecule has 0 aliphatic rings. The molecule has 0 spiro atoms. The van der Waals surface area contributed by atoms with Gasteiger partial charge in [-0.1, -0.05) is 39.0 Å². The van der Waals surface area contributed by atoms with Gasteiger partial charge in [0, 0.05) is 17.0 Å². The van der Waals surface area contributed by atoms with Gasteiger partial charge in [-0.15, -0.1) is 0 Å². The van der Waals surface area contributed by atoms with Gasteiger partial charge >= 0.3 is 0 Å². The molecule has 0 fully saturated rings. The fraction of sp³-hybridized carbons (Fsp3) is 0.385. The maximum Gasteiger partial charge on any atom is 0.287 e.